The summed E-state index contributed by atoms with van der Waals surface area (Å²) in [5.41, 5.74) is 1.51. The highest BCUT2D eigenvalue weighted by Crippen LogP contribution is 2.32. The summed E-state index contributed by atoms with van der Waals surface area (Å²) in [5.74, 6) is 0.292. The van der Waals surface area contributed by atoms with Crippen LogP contribution in [-0.2, 0) is 16.0 Å². The fourth-order valence-electron chi connectivity index (χ4n) is 3.11. The number of nitrogens with one attached hydrogen (secondary N) is 1. The molecular weight excluding hydrogens is 350 g/mol. The monoisotopic (exact) mass is 371 g/mol. The number of para-hydroxylation sites is 1. The molecule has 0 saturated heterocycles. The molecular formula is C20H21NO6. The third-order valence-electron chi connectivity index (χ3n) is 4.45. The van der Waals surface area contributed by atoms with E-state index in [-0.39, 0.29) is 12.3 Å². The fourth-order valence-corrected chi connectivity index (χ4v) is 3.11. The van der Waals surface area contributed by atoms with Crippen molar-refractivity contribution in [2.24, 2.45) is 0 Å². The summed E-state index contributed by atoms with van der Waals surface area (Å²) >= 11 is 0. The normalized spacial score (nSPS) is 16.0. The van der Waals surface area contributed by atoms with Crippen LogP contribution in [0.1, 0.15) is 23.6 Å². The molecule has 7 heteroatoms. The van der Waals surface area contributed by atoms with E-state index in [0.29, 0.717) is 29.2 Å². The number of carboxylic acid groups (broad SMARTS) is 1. The van der Waals surface area contributed by atoms with Crippen LogP contribution >= 0.6 is 0 Å². The number of carboxylic acids is 1. The predicted molar refractivity (Wildman–Crippen MR) is 97.2 cm³/mol. The van der Waals surface area contributed by atoms with E-state index in [2.05, 4.69) is 5.32 Å². The number of ether oxygens (including phenoxy) is 3. The van der Waals surface area contributed by atoms with Gasteiger partial charge in [0.05, 0.1) is 26.7 Å². The van der Waals surface area contributed by atoms with E-state index in [4.69, 9.17) is 14.2 Å². The first-order valence-corrected chi connectivity index (χ1v) is 8.50. The molecule has 1 aliphatic heterocycles. The van der Waals surface area contributed by atoms with Crippen molar-refractivity contribution in [1.29, 1.82) is 0 Å². The number of methoxy groups -OCH3 is 2. The van der Waals surface area contributed by atoms with Gasteiger partial charge in [-0.1, -0.05) is 18.2 Å². The molecule has 0 radical (unpaired) electrons. The zero-order valence-corrected chi connectivity index (χ0v) is 15.1. The second-order valence-electron chi connectivity index (χ2n) is 6.19. The minimum atomic E-state index is -1.03. The van der Waals surface area contributed by atoms with Crippen LogP contribution in [0.4, 0.5) is 0 Å². The molecule has 2 atom stereocenters. The van der Waals surface area contributed by atoms with Gasteiger partial charge in [-0.05, 0) is 23.8 Å². The molecule has 2 aromatic carbocycles. The van der Waals surface area contributed by atoms with Crippen molar-refractivity contribution in [2.45, 2.75) is 25.0 Å². The third-order valence-corrected chi connectivity index (χ3v) is 4.45. The van der Waals surface area contributed by atoms with Crippen molar-refractivity contribution < 1.29 is 28.9 Å². The van der Waals surface area contributed by atoms with Crippen molar-refractivity contribution in [1.82, 2.24) is 5.32 Å². The average molecular weight is 371 g/mol. The lowest BCUT2D eigenvalue weighted by molar-refractivity contribution is -0.138. The van der Waals surface area contributed by atoms with Crippen LogP contribution in [0.5, 0.6) is 17.2 Å². The lowest BCUT2D eigenvalue weighted by Crippen LogP contribution is -2.40. The van der Waals surface area contributed by atoms with Crippen LogP contribution in [0.25, 0.3) is 0 Å². The summed E-state index contributed by atoms with van der Waals surface area (Å²) in [4.78, 5) is 24.0. The molecule has 1 heterocycles. The number of hydrogen-bond donors (Lipinski definition) is 2. The molecule has 0 aliphatic carbocycles. The van der Waals surface area contributed by atoms with E-state index in [1.807, 2.05) is 24.3 Å². The second-order valence-corrected chi connectivity index (χ2v) is 6.19. The SMILES string of the molecule is COc1ccc(C(CC(=O)O)NC(=O)C2Cc3ccccc3O2)c(OC)c1. The molecule has 2 N–H and O–H groups in total. The van der Waals surface area contributed by atoms with Crippen molar-refractivity contribution in [3.8, 4) is 17.2 Å². The molecule has 2 aromatic rings. The standard InChI is InChI=1S/C20H21NO6/c1-25-13-7-8-14(17(10-13)26-2)15(11-19(22)23)21-20(24)18-9-12-5-3-4-6-16(12)27-18/h3-8,10,15,18H,9,11H2,1-2H3,(H,21,24)(H,22,23). The first kappa shape index (κ1) is 18.6. The quantitative estimate of drug-likeness (QED) is 0.776. The van der Waals surface area contributed by atoms with Crippen molar-refractivity contribution in [3.63, 3.8) is 0 Å². The van der Waals surface area contributed by atoms with Crippen LogP contribution in [0.15, 0.2) is 42.5 Å². The van der Waals surface area contributed by atoms with E-state index in [9.17, 15) is 14.7 Å². The number of aliphatic carboxylic acids is 1. The summed E-state index contributed by atoms with van der Waals surface area (Å²) in [5, 5.41) is 12.1. The first-order valence-electron chi connectivity index (χ1n) is 8.50. The summed E-state index contributed by atoms with van der Waals surface area (Å²) < 4.78 is 16.2. The van der Waals surface area contributed by atoms with Crippen LogP contribution in [0.3, 0.4) is 0 Å². The Morgan fingerprint density at radius 2 is 2.00 bits per heavy atom. The number of rotatable bonds is 7. The van der Waals surface area contributed by atoms with Crippen LogP contribution in [0.2, 0.25) is 0 Å². The van der Waals surface area contributed by atoms with Gasteiger partial charge in [0.25, 0.3) is 5.91 Å². The number of hydrogen-bond acceptors (Lipinski definition) is 5. The van der Waals surface area contributed by atoms with E-state index < -0.39 is 18.1 Å². The molecule has 0 saturated carbocycles. The Kier molecular flexibility index (Phi) is 5.49. The van der Waals surface area contributed by atoms with Gasteiger partial charge in [0.1, 0.15) is 17.2 Å². The predicted octanol–water partition coefficient (Wildman–Crippen LogP) is 2.34. The largest absolute Gasteiger partial charge is 0.497 e. The van der Waals surface area contributed by atoms with E-state index in [1.165, 1.54) is 14.2 Å². The maximum absolute atomic E-state index is 12.7. The van der Waals surface area contributed by atoms with Crippen molar-refractivity contribution in [2.75, 3.05) is 14.2 Å². The average Bonchev–Trinajstić information content (AvgIpc) is 3.11. The van der Waals surface area contributed by atoms with Gasteiger partial charge in [-0.25, -0.2) is 0 Å². The van der Waals surface area contributed by atoms with Crippen LogP contribution in [0, 0.1) is 0 Å². The molecule has 2 unspecified atom stereocenters. The summed E-state index contributed by atoms with van der Waals surface area (Å²) in [6.07, 6.45) is -0.529. The smallest absolute Gasteiger partial charge is 0.305 e. The van der Waals surface area contributed by atoms with E-state index in [0.717, 1.165) is 5.56 Å². The Bertz CT molecular complexity index is 825. The molecule has 3 rings (SSSR count). The Morgan fingerprint density at radius 1 is 1.22 bits per heavy atom. The Hall–Kier alpha value is -3.22. The van der Waals surface area contributed by atoms with Gasteiger partial charge >= 0.3 is 5.97 Å². The molecule has 0 bridgehead atoms. The van der Waals surface area contributed by atoms with Gasteiger partial charge in [-0.15, -0.1) is 0 Å². The summed E-state index contributed by atoms with van der Waals surface area (Å²) in [6.45, 7) is 0. The molecule has 0 spiro atoms. The zero-order valence-electron chi connectivity index (χ0n) is 15.1. The minimum Gasteiger partial charge on any atom is -0.497 e. The van der Waals surface area contributed by atoms with Crippen LogP contribution < -0.4 is 19.5 Å². The highest BCUT2D eigenvalue weighted by atomic mass is 16.5. The van der Waals surface area contributed by atoms with Gasteiger partial charge in [-0.3, -0.25) is 9.59 Å². The molecule has 0 aromatic heterocycles. The Balaban J connectivity index is 1.80. The topological polar surface area (TPSA) is 94.1 Å². The number of fused-ring (bicyclic) bond motifs is 1. The maximum Gasteiger partial charge on any atom is 0.305 e. The number of carbonyl (C=O) groups is 2. The summed E-state index contributed by atoms with van der Waals surface area (Å²) in [7, 11) is 3.01. The molecule has 1 aliphatic rings. The van der Waals surface area contributed by atoms with E-state index in [1.54, 1.807) is 18.2 Å². The van der Waals surface area contributed by atoms with Gasteiger partial charge < -0.3 is 24.6 Å². The zero-order chi connectivity index (χ0) is 19.4. The van der Waals surface area contributed by atoms with Gasteiger partial charge in [-0.2, -0.15) is 0 Å². The number of benzene rings is 2. The second kappa shape index (κ2) is 7.99. The highest BCUT2D eigenvalue weighted by Gasteiger charge is 2.31. The lowest BCUT2D eigenvalue weighted by atomic mass is 10.0. The maximum atomic E-state index is 12.7. The van der Waals surface area contributed by atoms with Crippen LogP contribution in [-0.4, -0.2) is 37.3 Å². The first-order chi connectivity index (χ1) is 13.0. The van der Waals surface area contributed by atoms with E-state index >= 15 is 0 Å². The van der Waals surface area contributed by atoms with Gasteiger partial charge in [0.15, 0.2) is 6.10 Å². The van der Waals surface area contributed by atoms with Crippen molar-refractivity contribution >= 4 is 11.9 Å². The van der Waals surface area contributed by atoms with Crippen molar-refractivity contribution in [3.05, 3.63) is 53.6 Å². The third kappa shape index (κ3) is 4.13. The summed E-state index contributed by atoms with van der Waals surface area (Å²) in [6, 6.07) is 11.7. The molecule has 0 fully saturated rings. The Labute approximate surface area is 156 Å². The molecule has 142 valence electrons. The molecule has 27 heavy (non-hydrogen) atoms. The number of carbonyl (C=O) groups excluding carboxylic acids is 1. The molecule has 7 nitrogen and oxygen atoms in total. The number of amides is 1. The fraction of sp³-hybridized carbons (Fsp3) is 0.300. The van der Waals surface area contributed by atoms with Gasteiger partial charge in [0.2, 0.25) is 0 Å². The molecule has 1 amide bonds. The van der Waals surface area contributed by atoms with Gasteiger partial charge in [0, 0.05) is 18.1 Å². The Morgan fingerprint density at radius 3 is 2.67 bits per heavy atom. The lowest BCUT2D eigenvalue weighted by Gasteiger charge is -2.22. The minimum absolute atomic E-state index is 0.284. The highest BCUT2D eigenvalue weighted by molar-refractivity contribution is 5.83.